The Morgan fingerprint density at radius 3 is 2.50 bits per heavy atom. The minimum Gasteiger partial charge on any atom is -0.374 e. The van der Waals surface area contributed by atoms with E-state index in [1.165, 1.54) is 13.0 Å². The molecule has 1 unspecified atom stereocenters. The van der Waals surface area contributed by atoms with Crippen molar-refractivity contribution in [2.45, 2.75) is 39.7 Å². The van der Waals surface area contributed by atoms with Crippen LogP contribution in [0.15, 0.2) is 23.8 Å². The van der Waals surface area contributed by atoms with Crippen LogP contribution in [0.2, 0.25) is 0 Å². The maximum absolute atomic E-state index is 11.7. The molecule has 96 valence electrons. The van der Waals surface area contributed by atoms with Gasteiger partial charge in [-0.05, 0) is 19.9 Å². The zero-order chi connectivity index (χ0) is 14.1. The standard InChI is InChI=1S/C15H18O3/c1-6-15(5,18)8-7-11-10(2)13(17)12(16)9-14(11,3)4/h6,18H,1,9H2,2-5H3. The molecule has 3 nitrogen and oxygen atoms in total. The van der Waals surface area contributed by atoms with Crippen LogP contribution in [0.5, 0.6) is 0 Å². The fourth-order valence-electron chi connectivity index (χ4n) is 1.90. The number of Topliss-reactive ketones (excluding diaryl/α,β-unsaturated/α-hetero) is 2. The second-order valence-electron chi connectivity index (χ2n) is 5.41. The third kappa shape index (κ3) is 2.77. The van der Waals surface area contributed by atoms with E-state index in [1.54, 1.807) is 6.92 Å². The highest BCUT2D eigenvalue weighted by Crippen LogP contribution is 2.36. The predicted octanol–water partition coefficient (Wildman–Crippen LogP) is 1.81. The van der Waals surface area contributed by atoms with Crippen molar-refractivity contribution in [2.24, 2.45) is 5.41 Å². The number of carbonyl (C=O) groups is 2. The first-order valence-corrected chi connectivity index (χ1v) is 5.79. The summed E-state index contributed by atoms with van der Waals surface area (Å²) in [5.41, 5.74) is -0.773. The Kier molecular flexibility index (Phi) is 3.64. The highest BCUT2D eigenvalue weighted by Gasteiger charge is 2.37. The van der Waals surface area contributed by atoms with Gasteiger partial charge in [0.2, 0.25) is 11.6 Å². The fourth-order valence-corrected chi connectivity index (χ4v) is 1.90. The molecule has 0 aromatic rings. The van der Waals surface area contributed by atoms with Crippen molar-refractivity contribution in [3.63, 3.8) is 0 Å². The Balaban J connectivity index is 3.32. The van der Waals surface area contributed by atoms with Crippen LogP contribution in [0, 0.1) is 17.3 Å². The Hall–Kier alpha value is -1.66. The number of aliphatic hydroxyl groups is 1. The SMILES string of the molecule is C=CC(C)(O)C#CC1=C(C)C(=O)C(=O)CC1(C)C. The van der Waals surface area contributed by atoms with E-state index in [9.17, 15) is 14.7 Å². The molecule has 0 spiro atoms. The van der Waals surface area contributed by atoms with Crippen LogP contribution in [-0.4, -0.2) is 22.3 Å². The molecule has 0 aliphatic heterocycles. The largest absolute Gasteiger partial charge is 0.374 e. The van der Waals surface area contributed by atoms with E-state index in [1.807, 2.05) is 13.8 Å². The molecule has 1 N–H and O–H groups in total. The van der Waals surface area contributed by atoms with E-state index in [0.29, 0.717) is 11.1 Å². The molecule has 1 rings (SSSR count). The minimum atomic E-state index is -1.30. The van der Waals surface area contributed by atoms with Gasteiger partial charge in [-0.3, -0.25) is 9.59 Å². The van der Waals surface area contributed by atoms with E-state index < -0.39 is 16.8 Å². The van der Waals surface area contributed by atoms with Gasteiger partial charge in [0.15, 0.2) is 0 Å². The summed E-state index contributed by atoms with van der Waals surface area (Å²) in [6.45, 7) is 10.4. The second-order valence-corrected chi connectivity index (χ2v) is 5.41. The van der Waals surface area contributed by atoms with Gasteiger partial charge in [0.25, 0.3) is 0 Å². The van der Waals surface area contributed by atoms with Crippen molar-refractivity contribution >= 4 is 11.6 Å². The molecule has 0 fully saturated rings. The zero-order valence-electron chi connectivity index (χ0n) is 11.3. The third-order valence-corrected chi connectivity index (χ3v) is 3.09. The van der Waals surface area contributed by atoms with Gasteiger partial charge in [0, 0.05) is 23.0 Å². The van der Waals surface area contributed by atoms with Crippen molar-refractivity contribution in [1.82, 2.24) is 0 Å². The Bertz CT molecular complexity index is 508. The van der Waals surface area contributed by atoms with Crippen molar-refractivity contribution in [1.29, 1.82) is 0 Å². The summed E-state index contributed by atoms with van der Waals surface area (Å²) in [7, 11) is 0. The molecule has 18 heavy (non-hydrogen) atoms. The predicted molar refractivity (Wildman–Crippen MR) is 69.7 cm³/mol. The van der Waals surface area contributed by atoms with Gasteiger partial charge in [-0.2, -0.15) is 0 Å². The summed E-state index contributed by atoms with van der Waals surface area (Å²) in [6, 6.07) is 0. The Morgan fingerprint density at radius 1 is 1.44 bits per heavy atom. The molecule has 0 saturated heterocycles. The van der Waals surface area contributed by atoms with Crippen LogP contribution in [0.1, 0.15) is 34.1 Å². The molecule has 1 aliphatic rings. The van der Waals surface area contributed by atoms with E-state index in [4.69, 9.17) is 0 Å². The topological polar surface area (TPSA) is 54.4 Å². The molecular formula is C15H18O3. The van der Waals surface area contributed by atoms with Crippen molar-refractivity contribution in [3.05, 3.63) is 23.8 Å². The number of carbonyl (C=O) groups excluding carboxylic acids is 2. The molecule has 1 aliphatic carbocycles. The summed E-state index contributed by atoms with van der Waals surface area (Å²) in [6.07, 6.45) is 1.49. The molecular weight excluding hydrogens is 228 g/mol. The van der Waals surface area contributed by atoms with Gasteiger partial charge in [-0.15, -0.1) is 0 Å². The lowest BCUT2D eigenvalue weighted by molar-refractivity contribution is -0.136. The van der Waals surface area contributed by atoms with Gasteiger partial charge >= 0.3 is 0 Å². The fraction of sp³-hybridized carbons (Fsp3) is 0.467. The maximum atomic E-state index is 11.7. The molecule has 1 atom stereocenters. The van der Waals surface area contributed by atoms with Gasteiger partial charge in [-0.1, -0.05) is 32.3 Å². The zero-order valence-corrected chi connectivity index (χ0v) is 11.3. The molecule has 0 amide bonds. The number of rotatable bonds is 1. The van der Waals surface area contributed by atoms with Crippen LogP contribution < -0.4 is 0 Å². The summed E-state index contributed by atoms with van der Waals surface area (Å²) < 4.78 is 0. The smallest absolute Gasteiger partial charge is 0.225 e. The van der Waals surface area contributed by atoms with Crippen LogP contribution in [0.25, 0.3) is 0 Å². The molecule has 0 radical (unpaired) electrons. The monoisotopic (exact) mass is 246 g/mol. The van der Waals surface area contributed by atoms with E-state index in [-0.39, 0.29) is 12.2 Å². The molecule has 0 heterocycles. The van der Waals surface area contributed by atoms with Crippen molar-refractivity contribution < 1.29 is 14.7 Å². The number of hydrogen-bond acceptors (Lipinski definition) is 3. The van der Waals surface area contributed by atoms with Crippen LogP contribution in [0.4, 0.5) is 0 Å². The molecule has 0 saturated carbocycles. The number of hydrogen-bond donors (Lipinski definition) is 1. The summed E-state index contributed by atoms with van der Waals surface area (Å²) in [5, 5.41) is 9.76. The minimum absolute atomic E-state index is 0.156. The Morgan fingerprint density at radius 2 is 2.00 bits per heavy atom. The first-order chi connectivity index (χ1) is 8.10. The average molecular weight is 246 g/mol. The molecule has 3 heteroatoms. The van der Waals surface area contributed by atoms with Gasteiger partial charge in [0.05, 0.1) is 0 Å². The maximum Gasteiger partial charge on any atom is 0.225 e. The highest BCUT2D eigenvalue weighted by molar-refractivity contribution is 6.44. The van der Waals surface area contributed by atoms with Gasteiger partial charge < -0.3 is 5.11 Å². The van der Waals surface area contributed by atoms with Gasteiger partial charge in [0.1, 0.15) is 5.60 Å². The number of ketones is 2. The van der Waals surface area contributed by atoms with Crippen LogP contribution in [0.3, 0.4) is 0 Å². The molecule has 0 bridgehead atoms. The lowest BCUT2D eigenvalue weighted by atomic mass is 9.72. The third-order valence-electron chi connectivity index (χ3n) is 3.09. The quantitative estimate of drug-likeness (QED) is 0.436. The van der Waals surface area contributed by atoms with Crippen LogP contribution in [-0.2, 0) is 9.59 Å². The molecule has 0 aromatic heterocycles. The normalized spacial score (nSPS) is 22.1. The average Bonchev–Trinajstić information content (AvgIpc) is 2.25. The second kappa shape index (κ2) is 4.55. The van der Waals surface area contributed by atoms with E-state index in [0.717, 1.165) is 0 Å². The van der Waals surface area contributed by atoms with Crippen molar-refractivity contribution in [2.75, 3.05) is 0 Å². The number of allylic oxidation sites excluding steroid dienone is 2. The lowest BCUT2D eigenvalue weighted by Crippen LogP contribution is -2.32. The van der Waals surface area contributed by atoms with Gasteiger partial charge in [-0.25, -0.2) is 0 Å². The summed E-state index contributed by atoms with van der Waals surface area (Å²) >= 11 is 0. The summed E-state index contributed by atoms with van der Waals surface area (Å²) in [5.74, 6) is 4.65. The first kappa shape index (κ1) is 14.4. The first-order valence-electron chi connectivity index (χ1n) is 5.79. The van der Waals surface area contributed by atoms with Crippen molar-refractivity contribution in [3.8, 4) is 11.8 Å². The van der Waals surface area contributed by atoms with E-state index >= 15 is 0 Å². The highest BCUT2D eigenvalue weighted by atomic mass is 16.3. The van der Waals surface area contributed by atoms with E-state index in [2.05, 4.69) is 18.4 Å². The van der Waals surface area contributed by atoms with Crippen LogP contribution >= 0.6 is 0 Å². The lowest BCUT2D eigenvalue weighted by Gasteiger charge is -2.29. The summed E-state index contributed by atoms with van der Waals surface area (Å²) in [4.78, 5) is 23.2. The Labute approximate surface area is 108 Å². The molecule has 0 aromatic carbocycles.